The van der Waals surface area contributed by atoms with E-state index in [1.807, 2.05) is 35.2 Å². The number of piperidine rings is 1. The summed E-state index contributed by atoms with van der Waals surface area (Å²) in [5.41, 5.74) is 1.59. The van der Waals surface area contributed by atoms with Crippen molar-refractivity contribution in [1.82, 2.24) is 15.5 Å². The Morgan fingerprint density at radius 1 is 0.867 bits per heavy atom. The van der Waals surface area contributed by atoms with Gasteiger partial charge in [-0.1, -0.05) is 36.4 Å². The molecule has 45 heavy (non-hydrogen) atoms. The first-order valence-electron chi connectivity index (χ1n) is 15.5. The first-order chi connectivity index (χ1) is 21.9. The number of methoxy groups -OCH3 is 3. The van der Waals surface area contributed by atoms with Gasteiger partial charge in [-0.2, -0.15) is 0 Å². The lowest BCUT2D eigenvalue weighted by molar-refractivity contribution is -0.127. The first kappa shape index (κ1) is 30.6. The third kappa shape index (κ3) is 5.75. The molecule has 0 aromatic heterocycles. The molecule has 2 N–H and O–H groups in total. The normalized spacial score (nSPS) is 20.0. The molecule has 10 nitrogen and oxygen atoms in total. The lowest BCUT2D eigenvalue weighted by atomic mass is 9.72. The zero-order chi connectivity index (χ0) is 31.4. The van der Waals surface area contributed by atoms with Gasteiger partial charge in [0, 0.05) is 30.6 Å². The highest BCUT2D eigenvalue weighted by molar-refractivity contribution is 5.96. The van der Waals surface area contributed by atoms with Crippen LogP contribution in [0.15, 0.2) is 60.7 Å². The number of likely N-dealkylation sites (tertiary alicyclic amines) is 1. The molecule has 3 aliphatic rings. The van der Waals surface area contributed by atoms with Crippen molar-refractivity contribution >= 4 is 11.8 Å². The van der Waals surface area contributed by atoms with E-state index in [1.165, 1.54) is 21.3 Å². The standard InChI is InChI=1S/C35H41N3O7/c1-41-29-19-24(20-30(42-2)31(29)43-3)32(39)38-18-14-34(22-38,26-9-10-27-28(21-26)45-23-44-27)11-17-37-33(40)35(12-15-36-16-13-35)25-7-5-4-6-8-25/h4-10,19-21,36H,11-18,22-23H2,1-3H3,(H,37,40). The van der Waals surface area contributed by atoms with E-state index in [0.29, 0.717) is 60.4 Å². The minimum absolute atomic E-state index is 0.0550. The van der Waals surface area contributed by atoms with Crippen LogP contribution < -0.4 is 34.3 Å². The van der Waals surface area contributed by atoms with Crippen molar-refractivity contribution in [2.75, 3.05) is 60.8 Å². The summed E-state index contributed by atoms with van der Waals surface area (Å²) in [6.07, 6.45) is 2.87. The predicted octanol–water partition coefficient (Wildman–Crippen LogP) is 4.05. The van der Waals surface area contributed by atoms with Crippen LogP contribution in [0.4, 0.5) is 0 Å². The van der Waals surface area contributed by atoms with Crippen LogP contribution in [0, 0.1) is 0 Å². The Balaban J connectivity index is 1.25. The van der Waals surface area contributed by atoms with Gasteiger partial charge in [-0.05, 0) is 74.2 Å². The Kier molecular flexibility index (Phi) is 8.76. The Hall–Kier alpha value is -4.44. The summed E-state index contributed by atoms with van der Waals surface area (Å²) in [6.45, 7) is 3.28. The quantitative estimate of drug-likeness (QED) is 0.352. The first-order valence-corrected chi connectivity index (χ1v) is 15.5. The number of hydrogen-bond donors (Lipinski definition) is 2. The Morgan fingerprint density at radius 3 is 2.27 bits per heavy atom. The van der Waals surface area contributed by atoms with E-state index in [2.05, 4.69) is 28.8 Å². The van der Waals surface area contributed by atoms with Crippen LogP contribution in [-0.4, -0.2) is 77.6 Å². The van der Waals surface area contributed by atoms with E-state index in [9.17, 15) is 9.59 Å². The number of benzene rings is 3. The van der Waals surface area contributed by atoms with E-state index in [1.54, 1.807) is 12.1 Å². The van der Waals surface area contributed by atoms with Crippen LogP contribution in [0.25, 0.3) is 0 Å². The second-order valence-electron chi connectivity index (χ2n) is 11.9. The average molecular weight is 616 g/mol. The highest BCUT2D eigenvalue weighted by Crippen LogP contribution is 2.44. The summed E-state index contributed by atoms with van der Waals surface area (Å²) in [4.78, 5) is 29.7. The maximum atomic E-state index is 13.9. The molecular formula is C35H41N3O7. The SMILES string of the molecule is COc1cc(C(=O)N2CCC(CCNC(=O)C3(c4ccccc4)CCNCC3)(c3ccc4c(c3)OCO4)C2)cc(OC)c1OC. The second kappa shape index (κ2) is 12.9. The minimum atomic E-state index is -0.567. The number of nitrogens with one attached hydrogen (secondary N) is 2. The minimum Gasteiger partial charge on any atom is -0.493 e. The highest BCUT2D eigenvalue weighted by Gasteiger charge is 2.44. The maximum absolute atomic E-state index is 13.9. The molecule has 3 aromatic rings. The fourth-order valence-corrected chi connectivity index (χ4v) is 7.09. The Bertz CT molecular complexity index is 1510. The van der Waals surface area contributed by atoms with Crippen molar-refractivity contribution in [2.45, 2.75) is 36.5 Å². The van der Waals surface area contributed by atoms with Crippen molar-refractivity contribution in [3.63, 3.8) is 0 Å². The topological polar surface area (TPSA) is 108 Å². The van der Waals surface area contributed by atoms with Crippen LogP contribution in [0.1, 0.15) is 47.2 Å². The lowest BCUT2D eigenvalue weighted by Gasteiger charge is -2.37. The van der Waals surface area contributed by atoms with Gasteiger partial charge in [-0.25, -0.2) is 0 Å². The molecule has 10 heteroatoms. The van der Waals surface area contributed by atoms with Crippen molar-refractivity contribution in [3.05, 3.63) is 77.4 Å². The lowest BCUT2D eigenvalue weighted by Crippen LogP contribution is -2.51. The van der Waals surface area contributed by atoms with Crippen molar-refractivity contribution in [2.24, 2.45) is 0 Å². The molecule has 2 amide bonds. The number of fused-ring (bicyclic) bond motifs is 1. The fraction of sp³-hybridized carbons (Fsp3) is 0.429. The van der Waals surface area contributed by atoms with Gasteiger partial charge in [0.2, 0.25) is 18.4 Å². The number of ether oxygens (including phenoxy) is 5. The number of rotatable bonds is 10. The number of hydrogen-bond acceptors (Lipinski definition) is 8. The molecule has 1 atom stereocenters. The van der Waals surface area contributed by atoms with E-state index < -0.39 is 10.8 Å². The molecule has 2 saturated heterocycles. The molecule has 0 bridgehead atoms. The number of amides is 2. The van der Waals surface area contributed by atoms with Crippen molar-refractivity contribution in [3.8, 4) is 28.7 Å². The molecule has 0 radical (unpaired) electrons. The zero-order valence-corrected chi connectivity index (χ0v) is 26.1. The molecule has 3 aliphatic heterocycles. The molecule has 0 saturated carbocycles. The number of nitrogens with zero attached hydrogens (tertiary/aromatic N) is 1. The summed E-state index contributed by atoms with van der Waals surface area (Å²) >= 11 is 0. The summed E-state index contributed by atoms with van der Waals surface area (Å²) in [5.74, 6) is 2.62. The maximum Gasteiger partial charge on any atom is 0.254 e. The molecule has 238 valence electrons. The van der Waals surface area contributed by atoms with Gasteiger partial charge in [-0.15, -0.1) is 0 Å². The highest BCUT2D eigenvalue weighted by atomic mass is 16.7. The third-order valence-corrected chi connectivity index (χ3v) is 9.64. The van der Waals surface area contributed by atoms with Gasteiger partial charge in [-0.3, -0.25) is 9.59 Å². The smallest absolute Gasteiger partial charge is 0.254 e. The van der Waals surface area contributed by atoms with Gasteiger partial charge in [0.25, 0.3) is 5.91 Å². The molecule has 0 spiro atoms. The van der Waals surface area contributed by atoms with Gasteiger partial charge in [0.1, 0.15) is 0 Å². The molecular weight excluding hydrogens is 574 g/mol. The van der Waals surface area contributed by atoms with E-state index >= 15 is 0 Å². The Labute approximate surface area is 263 Å². The Morgan fingerprint density at radius 2 is 1.58 bits per heavy atom. The molecule has 6 rings (SSSR count). The molecule has 3 heterocycles. The van der Waals surface area contributed by atoms with Crippen molar-refractivity contribution in [1.29, 1.82) is 0 Å². The second-order valence-corrected chi connectivity index (χ2v) is 11.9. The monoisotopic (exact) mass is 615 g/mol. The van der Waals surface area contributed by atoms with E-state index in [4.69, 9.17) is 23.7 Å². The van der Waals surface area contributed by atoms with Crippen LogP contribution in [0.3, 0.4) is 0 Å². The number of carbonyl (C=O) groups excluding carboxylic acids is 2. The average Bonchev–Trinajstić information content (AvgIpc) is 3.75. The van der Waals surface area contributed by atoms with Crippen LogP contribution in [0.5, 0.6) is 28.7 Å². The van der Waals surface area contributed by atoms with Gasteiger partial charge in [0.05, 0.1) is 26.7 Å². The van der Waals surface area contributed by atoms with Gasteiger partial charge >= 0.3 is 0 Å². The molecule has 3 aromatic carbocycles. The molecule has 2 fully saturated rings. The van der Waals surface area contributed by atoms with Crippen LogP contribution in [-0.2, 0) is 15.6 Å². The molecule has 0 aliphatic carbocycles. The van der Waals surface area contributed by atoms with E-state index in [-0.39, 0.29) is 18.6 Å². The van der Waals surface area contributed by atoms with Crippen LogP contribution in [0.2, 0.25) is 0 Å². The predicted molar refractivity (Wildman–Crippen MR) is 169 cm³/mol. The van der Waals surface area contributed by atoms with E-state index in [0.717, 1.165) is 43.5 Å². The van der Waals surface area contributed by atoms with Gasteiger partial charge < -0.3 is 39.2 Å². The zero-order valence-electron chi connectivity index (χ0n) is 26.1. The van der Waals surface area contributed by atoms with Crippen LogP contribution >= 0.6 is 0 Å². The third-order valence-electron chi connectivity index (χ3n) is 9.64. The largest absolute Gasteiger partial charge is 0.493 e. The summed E-state index contributed by atoms with van der Waals surface area (Å²) in [6, 6.07) is 19.5. The summed E-state index contributed by atoms with van der Waals surface area (Å²) < 4.78 is 27.8. The molecule has 1 unspecified atom stereocenters. The summed E-state index contributed by atoms with van der Waals surface area (Å²) in [5, 5.41) is 6.71. The van der Waals surface area contributed by atoms with Gasteiger partial charge in [0.15, 0.2) is 23.0 Å². The fourth-order valence-electron chi connectivity index (χ4n) is 7.09. The van der Waals surface area contributed by atoms with Crippen molar-refractivity contribution < 1.29 is 33.3 Å². The summed E-state index contributed by atoms with van der Waals surface area (Å²) in [7, 11) is 4.60. The number of carbonyl (C=O) groups is 2.